The molecule has 0 radical (unpaired) electrons. The average molecular weight is 696 g/mol. The van der Waals surface area contributed by atoms with Crippen molar-refractivity contribution in [2.75, 3.05) is 16.0 Å². The number of anilines is 2. The maximum atomic E-state index is 13.4. The summed E-state index contributed by atoms with van der Waals surface area (Å²) in [5, 5.41) is 14.8. The van der Waals surface area contributed by atoms with Gasteiger partial charge < -0.3 is 30.0 Å². The number of carbonyl (C=O) groups excluding carboxylic acids is 4. The van der Waals surface area contributed by atoms with Crippen molar-refractivity contribution in [3.63, 3.8) is 0 Å². The molecule has 0 aromatic heterocycles. The number of nitrogens with zero attached hydrogens (tertiary/aromatic N) is 1. The van der Waals surface area contributed by atoms with Gasteiger partial charge in [-0.1, -0.05) is 66.7 Å². The van der Waals surface area contributed by atoms with E-state index in [1.807, 2.05) is 84.9 Å². The van der Waals surface area contributed by atoms with Crippen LogP contribution in [0.15, 0.2) is 108 Å². The summed E-state index contributed by atoms with van der Waals surface area (Å²) in [6.07, 6.45) is -1.79. The predicted molar refractivity (Wildman–Crippen MR) is 187 cm³/mol. The lowest BCUT2D eigenvalue weighted by Gasteiger charge is -2.36. The van der Waals surface area contributed by atoms with Crippen molar-refractivity contribution in [3.8, 4) is 0 Å². The van der Waals surface area contributed by atoms with Crippen LogP contribution in [0.3, 0.4) is 0 Å². The minimum atomic E-state index is -1.06. The summed E-state index contributed by atoms with van der Waals surface area (Å²) < 4.78 is 18.2. The van der Waals surface area contributed by atoms with Crippen molar-refractivity contribution in [1.29, 1.82) is 0 Å². The van der Waals surface area contributed by atoms with Crippen LogP contribution in [0, 0.1) is 0 Å². The summed E-state index contributed by atoms with van der Waals surface area (Å²) in [5.74, 6) is -0.536. The second kappa shape index (κ2) is 16.1. The van der Waals surface area contributed by atoms with E-state index in [-0.39, 0.29) is 37.7 Å². The first-order valence-electron chi connectivity index (χ1n) is 16.2. The molecule has 2 saturated heterocycles. The summed E-state index contributed by atoms with van der Waals surface area (Å²) >= 11 is 1.62. The average Bonchev–Trinajstić information content (AvgIpc) is 3.41. The molecule has 0 aliphatic carbocycles. The lowest BCUT2D eigenvalue weighted by atomic mass is 10.0. The van der Waals surface area contributed by atoms with Crippen LogP contribution < -0.4 is 15.5 Å². The summed E-state index contributed by atoms with van der Waals surface area (Å²) in [6, 6.07) is 30.1. The minimum absolute atomic E-state index is 0.0334. The number of imide groups is 1. The number of aliphatic hydroxyl groups is 1. The van der Waals surface area contributed by atoms with Crippen LogP contribution in [0.5, 0.6) is 0 Å². The Labute approximate surface area is 293 Å². The topological polar surface area (TPSA) is 144 Å². The van der Waals surface area contributed by atoms with Gasteiger partial charge in [0.15, 0.2) is 6.29 Å². The molecular formula is C38H37N3O8S. The van der Waals surface area contributed by atoms with E-state index in [1.54, 1.807) is 30.0 Å². The summed E-state index contributed by atoms with van der Waals surface area (Å²) in [7, 11) is 0. The van der Waals surface area contributed by atoms with E-state index in [0.29, 0.717) is 23.4 Å². The van der Waals surface area contributed by atoms with Gasteiger partial charge in [0.05, 0.1) is 30.9 Å². The van der Waals surface area contributed by atoms with Crippen molar-refractivity contribution in [1.82, 2.24) is 5.32 Å². The van der Waals surface area contributed by atoms with E-state index in [4.69, 9.17) is 14.2 Å². The molecule has 0 spiro atoms. The van der Waals surface area contributed by atoms with E-state index in [0.717, 1.165) is 32.2 Å². The quantitative estimate of drug-likeness (QED) is 0.127. The zero-order valence-electron chi connectivity index (χ0n) is 27.3. The predicted octanol–water partition coefficient (Wildman–Crippen LogP) is 6.03. The Morgan fingerprint density at radius 2 is 1.66 bits per heavy atom. The molecule has 4 aromatic rings. The molecule has 0 bridgehead atoms. The minimum Gasteiger partial charge on any atom is -0.445 e. The fourth-order valence-electron chi connectivity index (χ4n) is 5.78. The van der Waals surface area contributed by atoms with E-state index in [1.165, 1.54) is 6.92 Å². The van der Waals surface area contributed by atoms with Crippen LogP contribution in [-0.4, -0.2) is 46.8 Å². The Morgan fingerprint density at radius 1 is 0.900 bits per heavy atom. The Kier molecular flexibility index (Phi) is 11.2. The maximum Gasteiger partial charge on any atom is 0.408 e. The van der Waals surface area contributed by atoms with E-state index in [9.17, 15) is 24.3 Å². The number of nitrogens with one attached hydrogen (secondary N) is 2. The second-order valence-electron chi connectivity index (χ2n) is 12.0. The first-order chi connectivity index (χ1) is 24.2. The molecule has 2 aliphatic rings. The molecule has 2 aliphatic heterocycles. The highest BCUT2D eigenvalue weighted by atomic mass is 32.2. The normalized spacial score (nSPS) is 20.4. The first kappa shape index (κ1) is 34.8. The van der Waals surface area contributed by atoms with E-state index in [2.05, 4.69) is 10.6 Å². The standard InChI is InChI=1S/C38H37N3O8S/c1-24(43)39-29-14-16-32(17-15-29)50-23-31-19-34(27-12-10-25(21-42)11-13-27)49-37(48-31)28-8-5-9-30(18-28)41-35(44)20-33(36(41)45)40-38(46)47-22-26-6-3-2-4-7-26/h2-18,31,33-34,37,42H,19-23H2,1H3,(H,39,43)(H,40,46)/t31-,33?,34+,37+/m1/s1. The monoisotopic (exact) mass is 695 g/mol. The van der Waals surface area contributed by atoms with Crippen molar-refractivity contribution < 1.29 is 38.5 Å². The van der Waals surface area contributed by atoms with Gasteiger partial charge in [0.2, 0.25) is 11.8 Å². The van der Waals surface area contributed by atoms with Gasteiger partial charge in [-0.2, -0.15) is 0 Å². The van der Waals surface area contributed by atoms with Gasteiger partial charge in [-0.3, -0.25) is 14.4 Å². The lowest BCUT2D eigenvalue weighted by molar-refractivity contribution is -0.245. The third-order valence-electron chi connectivity index (χ3n) is 8.28. The molecule has 0 saturated carbocycles. The molecule has 258 valence electrons. The molecule has 12 heteroatoms. The summed E-state index contributed by atoms with van der Waals surface area (Å²) in [5.41, 5.74) is 4.19. The van der Waals surface area contributed by atoms with Gasteiger partial charge in [0.25, 0.3) is 5.91 Å². The third kappa shape index (κ3) is 8.77. The van der Waals surface area contributed by atoms with Crippen LogP contribution in [0.2, 0.25) is 0 Å². The van der Waals surface area contributed by atoms with Gasteiger partial charge in [0.1, 0.15) is 12.6 Å². The Hall–Kier alpha value is -5.01. The molecule has 50 heavy (non-hydrogen) atoms. The first-order valence-corrected chi connectivity index (χ1v) is 17.2. The van der Waals surface area contributed by atoms with Gasteiger partial charge in [-0.15, -0.1) is 11.8 Å². The SMILES string of the molecule is CC(=O)Nc1ccc(SC[C@H]2C[C@@H](c3ccc(CO)cc3)O[C@@H](c3cccc(N4C(=O)CC(NC(=O)OCc5ccccc5)C4=O)c3)O2)cc1. The number of hydrogen-bond donors (Lipinski definition) is 3. The number of thioether (sulfide) groups is 1. The van der Waals surface area contributed by atoms with Crippen LogP contribution in [0.1, 0.15) is 54.4 Å². The molecule has 6 rings (SSSR count). The number of aliphatic hydroxyl groups excluding tert-OH is 1. The molecule has 4 amide bonds. The van der Waals surface area contributed by atoms with Gasteiger partial charge in [0, 0.05) is 35.2 Å². The van der Waals surface area contributed by atoms with Gasteiger partial charge >= 0.3 is 6.09 Å². The number of carbonyl (C=O) groups is 4. The largest absolute Gasteiger partial charge is 0.445 e. The number of hydrogen-bond acceptors (Lipinski definition) is 9. The van der Waals surface area contributed by atoms with E-state index >= 15 is 0 Å². The number of amides is 4. The molecule has 3 N–H and O–H groups in total. The number of benzene rings is 4. The third-order valence-corrected chi connectivity index (χ3v) is 9.42. The molecule has 1 unspecified atom stereocenters. The highest BCUT2D eigenvalue weighted by Crippen LogP contribution is 2.40. The molecular weight excluding hydrogens is 658 g/mol. The lowest BCUT2D eigenvalue weighted by Crippen LogP contribution is -2.42. The summed E-state index contributed by atoms with van der Waals surface area (Å²) in [4.78, 5) is 52.4. The Balaban J connectivity index is 1.15. The van der Waals surface area contributed by atoms with Crippen LogP contribution in [0.4, 0.5) is 16.2 Å². The number of rotatable bonds is 11. The van der Waals surface area contributed by atoms with Crippen molar-refractivity contribution in [2.45, 2.75) is 62.4 Å². The number of alkyl carbamates (subject to hydrolysis) is 1. The van der Waals surface area contributed by atoms with Crippen LogP contribution in [-0.2, 0) is 41.8 Å². The highest BCUT2D eigenvalue weighted by Gasteiger charge is 2.41. The fourth-order valence-corrected chi connectivity index (χ4v) is 6.70. The molecule has 11 nitrogen and oxygen atoms in total. The zero-order chi connectivity index (χ0) is 35.0. The molecule has 4 atom stereocenters. The molecule has 2 heterocycles. The maximum absolute atomic E-state index is 13.4. The zero-order valence-corrected chi connectivity index (χ0v) is 28.1. The smallest absolute Gasteiger partial charge is 0.408 e. The van der Waals surface area contributed by atoms with Crippen molar-refractivity contribution >= 4 is 47.0 Å². The Morgan fingerprint density at radius 3 is 2.38 bits per heavy atom. The molecule has 4 aromatic carbocycles. The van der Waals surface area contributed by atoms with Crippen LogP contribution >= 0.6 is 11.8 Å². The highest BCUT2D eigenvalue weighted by molar-refractivity contribution is 7.99. The second-order valence-corrected chi connectivity index (χ2v) is 13.1. The van der Waals surface area contributed by atoms with Gasteiger partial charge in [-0.05, 0) is 53.1 Å². The van der Waals surface area contributed by atoms with Gasteiger partial charge in [-0.25, -0.2) is 9.69 Å². The Bertz CT molecular complexity index is 1820. The fraction of sp³-hybridized carbons (Fsp3) is 0.263. The number of ether oxygens (including phenoxy) is 3. The van der Waals surface area contributed by atoms with E-state index < -0.39 is 30.2 Å². The van der Waals surface area contributed by atoms with Crippen LogP contribution in [0.25, 0.3) is 0 Å². The summed E-state index contributed by atoms with van der Waals surface area (Å²) in [6.45, 7) is 1.43. The molecule has 2 fully saturated rings. The van der Waals surface area contributed by atoms with Crippen molar-refractivity contribution in [3.05, 3.63) is 125 Å². The van der Waals surface area contributed by atoms with Crippen molar-refractivity contribution in [2.24, 2.45) is 0 Å².